The van der Waals surface area contributed by atoms with Crippen LogP contribution in [0.2, 0.25) is 10.0 Å². The number of ether oxygens (including phenoxy) is 2. The lowest BCUT2D eigenvalue weighted by Crippen LogP contribution is -2.45. The molecule has 3 saturated heterocycles. The number of benzene rings is 1. The monoisotopic (exact) mass is 626 g/mol. The molecule has 1 aromatic carbocycles. The number of carboxylic acids is 1. The summed E-state index contributed by atoms with van der Waals surface area (Å²) in [4.78, 5) is 32.0. The van der Waals surface area contributed by atoms with E-state index in [2.05, 4.69) is 31.7 Å². The van der Waals surface area contributed by atoms with E-state index in [1.54, 1.807) is 18.5 Å². The summed E-state index contributed by atoms with van der Waals surface area (Å²) < 4.78 is 11.7. The summed E-state index contributed by atoms with van der Waals surface area (Å²) in [5, 5.41) is 9.96. The van der Waals surface area contributed by atoms with Crippen LogP contribution in [0.5, 0.6) is 11.6 Å². The normalized spacial score (nSPS) is 21.6. The van der Waals surface area contributed by atoms with Gasteiger partial charge in [-0.3, -0.25) is 4.90 Å². The van der Waals surface area contributed by atoms with Gasteiger partial charge in [0.1, 0.15) is 6.61 Å². The van der Waals surface area contributed by atoms with Gasteiger partial charge in [0.05, 0.1) is 24.2 Å². The lowest BCUT2D eigenvalue weighted by atomic mass is 9.93. The number of piperidine rings is 2. The number of carbonyl (C=O) groups is 1. The molecule has 0 amide bonds. The van der Waals surface area contributed by atoms with Gasteiger partial charge in [0.2, 0.25) is 11.8 Å². The van der Waals surface area contributed by atoms with Crippen molar-refractivity contribution in [2.75, 3.05) is 51.3 Å². The van der Waals surface area contributed by atoms with Crippen LogP contribution in [0.3, 0.4) is 0 Å². The molecule has 43 heavy (non-hydrogen) atoms. The molecule has 0 aliphatic carbocycles. The maximum Gasteiger partial charge on any atom is 0.329 e. The third-order valence-corrected chi connectivity index (χ3v) is 9.07. The fourth-order valence-electron chi connectivity index (χ4n) is 6.48. The first-order chi connectivity index (χ1) is 20.8. The summed E-state index contributed by atoms with van der Waals surface area (Å²) in [5.74, 6) is 1.38. The zero-order chi connectivity index (χ0) is 29.9. The van der Waals surface area contributed by atoms with Gasteiger partial charge >= 0.3 is 5.97 Å². The summed E-state index contributed by atoms with van der Waals surface area (Å²) >= 11 is 12.6. The van der Waals surface area contributed by atoms with Crippen molar-refractivity contribution in [1.29, 1.82) is 0 Å². The number of pyridine rings is 1. The van der Waals surface area contributed by atoms with Gasteiger partial charge in [-0.2, -0.15) is 0 Å². The van der Waals surface area contributed by atoms with Crippen molar-refractivity contribution >= 4 is 35.1 Å². The molecule has 0 spiro atoms. The summed E-state index contributed by atoms with van der Waals surface area (Å²) in [6, 6.07) is 9.97. The van der Waals surface area contributed by atoms with Gasteiger partial charge < -0.3 is 24.4 Å². The summed E-state index contributed by atoms with van der Waals surface area (Å²) in [6.45, 7) is 5.09. The first kappa shape index (κ1) is 30.0. The van der Waals surface area contributed by atoms with E-state index in [1.165, 1.54) is 6.42 Å². The van der Waals surface area contributed by atoms with Gasteiger partial charge in [0.15, 0.2) is 5.75 Å². The molecule has 2 aromatic heterocycles. The Kier molecular flexibility index (Phi) is 9.30. The number of nitrogens with zero attached hydrogens (tertiary/aromatic N) is 6. The van der Waals surface area contributed by atoms with Gasteiger partial charge in [0.25, 0.3) is 0 Å². The number of aliphatic carboxylic acids is 1. The molecule has 228 valence electrons. The lowest BCUT2D eigenvalue weighted by molar-refractivity contribution is -0.145. The van der Waals surface area contributed by atoms with Gasteiger partial charge in [-0.25, -0.2) is 19.7 Å². The molecule has 3 aromatic rings. The highest BCUT2D eigenvalue weighted by molar-refractivity contribution is 6.35. The number of fused-ring (bicyclic) bond motifs is 1. The zero-order valence-electron chi connectivity index (χ0n) is 24.2. The first-order valence-electron chi connectivity index (χ1n) is 14.8. The third-order valence-electron chi connectivity index (χ3n) is 8.64. The summed E-state index contributed by atoms with van der Waals surface area (Å²) in [7, 11) is 2.22. The maximum absolute atomic E-state index is 10.9. The number of carboxylic acid groups (broad SMARTS) is 1. The number of likely N-dealkylation sites (tertiary alicyclic amines) is 2. The van der Waals surface area contributed by atoms with Crippen molar-refractivity contribution in [3.63, 3.8) is 0 Å². The Balaban J connectivity index is 1.17. The predicted molar refractivity (Wildman–Crippen MR) is 165 cm³/mol. The maximum atomic E-state index is 10.9. The van der Waals surface area contributed by atoms with Crippen LogP contribution >= 0.6 is 23.2 Å². The third kappa shape index (κ3) is 7.56. The van der Waals surface area contributed by atoms with Crippen LogP contribution in [-0.2, 0) is 16.1 Å². The van der Waals surface area contributed by atoms with E-state index in [9.17, 15) is 4.79 Å². The Morgan fingerprint density at radius 1 is 0.977 bits per heavy atom. The molecule has 3 aliphatic rings. The van der Waals surface area contributed by atoms with Crippen molar-refractivity contribution in [3.05, 3.63) is 58.3 Å². The molecule has 2 atom stereocenters. The number of aromatic nitrogens is 3. The summed E-state index contributed by atoms with van der Waals surface area (Å²) in [5.41, 5.74) is 2.50. The minimum absolute atomic E-state index is 0.0401. The van der Waals surface area contributed by atoms with Crippen molar-refractivity contribution in [2.45, 2.75) is 44.4 Å². The molecular formula is C31H36Cl2N6O4. The van der Waals surface area contributed by atoms with Crippen molar-refractivity contribution in [1.82, 2.24) is 24.8 Å². The van der Waals surface area contributed by atoms with Crippen molar-refractivity contribution < 1.29 is 19.4 Å². The van der Waals surface area contributed by atoms with Gasteiger partial charge in [-0.05, 0) is 75.0 Å². The minimum atomic E-state index is -0.942. The second-order valence-corrected chi connectivity index (χ2v) is 12.6. The van der Waals surface area contributed by atoms with E-state index in [0.717, 1.165) is 69.1 Å². The molecular weight excluding hydrogens is 591 g/mol. The van der Waals surface area contributed by atoms with E-state index in [4.69, 9.17) is 42.8 Å². The Morgan fingerprint density at radius 2 is 1.72 bits per heavy atom. The van der Waals surface area contributed by atoms with Crippen LogP contribution in [0.1, 0.15) is 31.2 Å². The molecule has 3 aliphatic heterocycles. The van der Waals surface area contributed by atoms with E-state index in [1.807, 2.05) is 24.3 Å². The SMILES string of the molecule is CN1CC[C@H]2CN(c3ncc(Oc4cc(CN5CCC(OCC(=O)O)CC5)cc(-c5cc(Cl)cc(Cl)c5)n4)cn3)CC[C@@H]21. The molecule has 1 N–H and O–H groups in total. The second-order valence-electron chi connectivity index (χ2n) is 11.7. The average molecular weight is 628 g/mol. The smallest absolute Gasteiger partial charge is 0.329 e. The highest BCUT2D eigenvalue weighted by Crippen LogP contribution is 2.33. The topological polar surface area (TPSA) is 104 Å². The number of hydrogen-bond acceptors (Lipinski definition) is 9. The predicted octanol–water partition coefficient (Wildman–Crippen LogP) is 5.23. The van der Waals surface area contributed by atoms with E-state index in [-0.39, 0.29) is 12.7 Å². The fraction of sp³-hybridized carbons (Fsp3) is 0.484. The van der Waals surface area contributed by atoms with Gasteiger partial charge in [-0.1, -0.05) is 23.2 Å². The van der Waals surface area contributed by atoms with Crippen LogP contribution in [0.15, 0.2) is 42.7 Å². The van der Waals surface area contributed by atoms with Crippen LogP contribution in [0.25, 0.3) is 11.3 Å². The van der Waals surface area contributed by atoms with E-state index in [0.29, 0.717) is 45.9 Å². The number of hydrogen-bond donors (Lipinski definition) is 1. The van der Waals surface area contributed by atoms with E-state index >= 15 is 0 Å². The molecule has 6 rings (SSSR count). The minimum Gasteiger partial charge on any atom is -0.480 e. The Morgan fingerprint density at radius 3 is 2.44 bits per heavy atom. The Labute approximate surface area is 261 Å². The molecule has 3 fully saturated rings. The molecule has 0 saturated carbocycles. The summed E-state index contributed by atoms with van der Waals surface area (Å²) in [6.07, 6.45) is 7.28. The highest BCUT2D eigenvalue weighted by atomic mass is 35.5. The average Bonchev–Trinajstić information content (AvgIpc) is 3.36. The number of rotatable bonds is 9. The van der Waals surface area contributed by atoms with Crippen LogP contribution in [0, 0.1) is 5.92 Å². The van der Waals surface area contributed by atoms with Crippen LogP contribution in [-0.4, -0.2) is 94.4 Å². The van der Waals surface area contributed by atoms with E-state index < -0.39 is 5.97 Å². The molecule has 0 bridgehead atoms. The quantitative estimate of drug-likeness (QED) is 0.339. The Bertz CT molecular complexity index is 1420. The second kappa shape index (κ2) is 13.3. The number of anilines is 1. The van der Waals surface area contributed by atoms with Gasteiger partial charge in [-0.15, -0.1) is 0 Å². The van der Waals surface area contributed by atoms with Gasteiger partial charge in [0, 0.05) is 60.4 Å². The molecule has 12 heteroatoms. The molecule has 0 unspecified atom stereocenters. The largest absolute Gasteiger partial charge is 0.480 e. The lowest BCUT2D eigenvalue weighted by Gasteiger charge is -2.36. The van der Waals surface area contributed by atoms with Crippen LogP contribution < -0.4 is 9.64 Å². The van der Waals surface area contributed by atoms with Crippen LogP contribution in [0.4, 0.5) is 5.95 Å². The highest BCUT2D eigenvalue weighted by Gasteiger charge is 2.37. The molecule has 0 radical (unpaired) electrons. The molecule has 5 heterocycles. The standard InChI is InChI=1S/C31H36Cl2N6O4/c1-37-6-2-21-18-39(9-5-28(21)37)31-34-15-26(16-35-31)43-29-11-20(10-27(36-29)22-12-23(32)14-24(33)13-22)17-38-7-3-25(4-8-38)42-19-30(40)41/h10-16,21,25,28H,2-9,17-19H2,1H3,(H,40,41)/t21-,28-/m0/s1. The first-order valence-corrected chi connectivity index (χ1v) is 15.5. The molecule has 10 nitrogen and oxygen atoms in total. The number of halogens is 2. The Hall–Kier alpha value is -3.02. The van der Waals surface area contributed by atoms with Crippen molar-refractivity contribution in [3.8, 4) is 22.9 Å². The van der Waals surface area contributed by atoms with Crippen molar-refractivity contribution in [2.24, 2.45) is 5.92 Å². The fourth-order valence-corrected chi connectivity index (χ4v) is 7.01. The zero-order valence-corrected chi connectivity index (χ0v) is 25.7.